The number of allylic oxidation sites excluding steroid dienone is 6. The van der Waals surface area contributed by atoms with Crippen LogP contribution in [-0.4, -0.2) is 10.7 Å². The summed E-state index contributed by atoms with van der Waals surface area (Å²) >= 11 is 0. The van der Waals surface area contributed by atoms with Crippen molar-refractivity contribution < 1.29 is 31.3 Å². The minimum atomic E-state index is -0.743. The number of hydrogen-bond donors (Lipinski definition) is 1. The molecule has 80 valence electrons. The molecule has 0 spiro atoms. The summed E-state index contributed by atoms with van der Waals surface area (Å²) in [5.74, 6) is 0. The first-order valence-electron chi connectivity index (χ1n) is 4.66. The summed E-state index contributed by atoms with van der Waals surface area (Å²) in [6.07, 6.45) is 14.0. The van der Waals surface area contributed by atoms with Crippen molar-refractivity contribution in [3.05, 3.63) is 47.6 Å². The van der Waals surface area contributed by atoms with Gasteiger partial charge in [0.1, 0.15) is 5.60 Å². The maximum atomic E-state index is 10.3. The summed E-state index contributed by atoms with van der Waals surface area (Å²) in [6, 6.07) is 0. The van der Waals surface area contributed by atoms with E-state index in [2.05, 4.69) is 12.2 Å². The van der Waals surface area contributed by atoms with Crippen molar-refractivity contribution in [3.63, 3.8) is 0 Å². The Kier molecular flexibility index (Phi) is 6.02. The van der Waals surface area contributed by atoms with Gasteiger partial charge in [-0.05, 0) is 30.9 Å². The molecule has 0 radical (unpaired) electrons. The van der Waals surface area contributed by atoms with Crippen LogP contribution in [0.1, 0.15) is 19.8 Å². The topological polar surface area (TPSA) is 20.2 Å². The summed E-state index contributed by atoms with van der Waals surface area (Å²) < 4.78 is 0. The molecule has 0 aliphatic heterocycles. The molecule has 2 aliphatic rings. The van der Waals surface area contributed by atoms with E-state index in [-0.39, 0.29) is 38.6 Å². The molecule has 3 heteroatoms. The van der Waals surface area contributed by atoms with E-state index >= 15 is 0 Å². The van der Waals surface area contributed by atoms with Gasteiger partial charge in [0, 0.05) is 26.2 Å². The summed E-state index contributed by atoms with van der Waals surface area (Å²) in [5.41, 5.74) is 1.46. The van der Waals surface area contributed by atoms with Gasteiger partial charge in [0.05, 0.1) is 0 Å². The predicted octanol–water partition coefficient (Wildman–Crippen LogP) is 2.93. The monoisotopic (exact) mass is 300 g/mol. The Hall–Kier alpha value is 0.0931. The number of rotatable bonds is 2. The zero-order valence-corrected chi connectivity index (χ0v) is 12.0. The molecule has 0 bridgehead atoms. The Morgan fingerprint density at radius 2 is 1.47 bits per heavy atom. The van der Waals surface area contributed by atoms with Crippen LogP contribution >= 0.6 is 12.4 Å². The fourth-order valence-corrected chi connectivity index (χ4v) is 1.82. The molecule has 0 heterocycles. The first kappa shape index (κ1) is 15.1. The second-order valence-corrected chi connectivity index (χ2v) is 3.72. The number of hydrogen-bond acceptors (Lipinski definition) is 1. The Bertz CT molecular complexity index is 306. The smallest absolute Gasteiger partial charge is 0.105 e. The van der Waals surface area contributed by atoms with Gasteiger partial charge in [0.15, 0.2) is 0 Å². The van der Waals surface area contributed by atoms with E-state index in [1.165, 1.54) is 0 Å². The molecule has 1 nitrogen and oxygen atoms in total. The van der Waals surface area contributed by atoms with Gasteiger partial charge in [-0.1, -0.05) is 36.5 Å². The largest absolute Gasteiger partial charge is 0.381 e. The van der Waals surface area contributed by atoms with Gasteiger partial charge < -0.3 is 5.11 Å². The SMILES string of the molecule is CC(O)(C1=CC=CC1)C1=CC=CC1.Cl.[Zr]. The molecular weight excluding hydrogens is 287 g/mol. The van der Waals surface area contributed by atoms with E-state index in [0.29, 0.717) is 0 Å². The van der Waals surface area contributed by atoms with Crippen molar-refractivity contribution >= 4 is 12.4 Å². The van der Waals surface area contributed by atoms with Crippen LogP contribution < -0.4 is 0 Å². The Labute approximate surface area is 116 Å². The minimum absolute atomic E-state index is 0. The van der Waals surface area contributed by atoms with E-state index in [1.807, 2.05) is 31.2 Å². The van der Waals surface area contributed by atoms with Crippen molar-refractivity contribution in [2.45, 2.75) is 25.4 Å². The Morgan fingerprint density at radius 3 is 1.73 bits per heavy atom. The van der Waals surface area contributed by atoms with Crippen molar-refractivity contribution in [2.24, 2.45) is 0 Å². The first-order chi connectivity index (χ1) is 6.21. The van der Waals surface area contributed by atoms with Crippen LogP contribution in [0.5, 0.6) is 0 Å². The molecule has 0 aromatic heterocycles. The van der Waals surface area contributed by atoms with Crippen molar-refractivity contribution in [1.82, 2.24) is 0 Å². The molecular formula is C12H15ClOZr. The van der Waals surface area contributed by atoms with E-state index in [1.54, 1.807) is 0 Å². The van der Waals surface area contributed by atoms with Gasteiger partial charge in [0.25, 0.3) is 0 Å². The third-order valence-corrected chi connectivity index (χ3v) is 2.79. The average molecular weight is 302 g/mol. The predicted molar refractivity (Wildman–Crippen MR) is 61.6 cm³/mol. The van der Waals surface area contributed by atoms with Crippen LogP contribution in [-0.2, 0) is 26.2 Å². The van der Waals surface area contributed by atoms with E-state index in [9.17, 15) is 5.11 Å². The second-order valence-electron chi connectivity index (χ2n) is 3.72. The Morgan fingerprint density at radius 1 is 1.07 bits per heavy atom. The minimum Gasteiger partial charge on any atom is -0.381 e. The molecule has 0 aromatic rings. The standard InChI is InChI=1S/C12H14O.ClH.Zr/c1-12(13,10-6-2-3-7-10)11-8-4-5-9-11;;/h2-6,8,13H,7,9H2,1H3;1H;. The van der Waals surface area contributed by atoms with E-state index < -0.39 is 5.60 Å². The van der Waals surface area contributed by atoms with Gasteiger partial charge >= 0.3 is 0 Å². The third-order valence-electron chi connectivity index (χ3n) is 2.79. The molecule has 2 aliphatic carbocycles. The van der Waals surface area contributed by atoms with E-state index in [0.717, 1.165) is 24.0 Å². The maximum Gasteiger partial charge on any atom is 0.105 e. The van der Waals surface area contributed by atoms with Gasteiger partial charge in [-0.3, -0.25) is 0 Å². The summed E-state index contributed by atoms with van der Waals surface area (Å²) in [4.78, 5) is 0. The van der Waals surface area contributed by atoms with Gasteiger partial charge in [-0.25, -0.2) is 0 Å². The molecule has 0 amide bonds. The maximum absolute atomic E-state index is 10.3. The normalized spacial score (nSPS) is 18.0. The summed E-state index contributed by atoms with van der Waals surface area (Å²) in [7, 11) is 0. The van der Waals surface area contributed by atoms with Gasteiger partial charge in [0.2, 0.25) is 0 Å². The Balaban J connectivity index is 0.000000980. The molecule has 0 saturated carbocycles. The average Bonchev–Trinajstić information content (AvgIpc) is 2.78. The van der Waals surface area contributed by atoms with Gasteiger partial charge in [-0.2, -0.15) is 0 Å². The fourth-order valence-electron chi connectivity index (χ4n) is 1.82. The van der Waals surface area contributed by atoms with Crippen LogP contribution in [0.2, 0.25) is 0 Å². The van der Waals surface area contributed by atoms with Crippen molar-refractivity contribution in [3.8, 4) is 0 Å². The van der Waals surface area contributed by atoms with Crippen LogP contribution in [0.25, 0.3) is 0 Å². The molecule has 0 atom stereocenters. The van der Waals surface area contributed by atoms with Crippen LogP contribution in [0.3, 0.4) is 0 Å². The molecule has 0 fully saturated rings. The van der Waals surface area contributed by atoms with Crippen molar-refractivity contribution in [1.29, 1.82) is 0 Å². The van der Waals surface area contributed by atoms with Crippen molar-refractivity contribution in [2.75, 3.05) is 0 Å². The second kappa shape index (κ2) is 5.98. The molecule has 2 rings (SSSR count). The summed E-state index contributed by atoms with van der Waals surface area (Å²) in [6.45, 7) is 1.88. The fraction of sp³-hybridized carbons (Fsp3) is 0.333. The number of aliphatic hydroxyl groups is 1. The molecule has 0 aromatic carbocycles. The van der Waals surface area contributed by atoms with Crippen LogP contribution in [0.15, 0.2) is 47.6 Å². The molecule has 0 unspecified atom stereocenters. The number of halogens is 1. The van der Waals surface area contributed by atoms with E-state index in [4.69, 9.17) is 0 Å². The molecule has 1 N–H and O–H groups in total. The zero-order chi connectivity index (χ0) is 9.31. The zero-order valence-electron chi connectivity index (χ0n) is 8.73. The third kappa shape index (κ3) is 3.03. The van der Waals surface area contributed by atoms with Crippen LogP contribution in [0, 0.1) is 0 Å². The van der Waals surface area contributed by atoms with Gasteiger partial charge in [-0.15, -0.1) is 12.4 Å². The van der Waals surface area contributed by atoms with Crippen LogP contribution in [0.4, 0.5) is 0 Å². The molecule has 0 saturated heterocycles. The molecule has 15 heavy (non-hydrogen) atoms. The quantitative estimate of drug-likeness (QED) is 0.831. The first-order valence-corrected chi connectivity index (χ1v) is 4.66. The summed E-state index contributed by atoms with van der Waals surface area (Å²) in [5, 5.41) is 10.3.